The van der Waals surface area contributed by atoms with Gasteiger partial charge in [-0.25, -0.2) is 9.59 Å². The van der Waals surface area contributed by atoms with Crippen molar-refractivity contribution >= 4 is 18.0 Å². The minimum Gasteiger partial charge on any atom is -0.507 e. The number of ether oxygens (including phenoxy) is 2. The van der Waals surface area contributed by atoms with Gasteiger partial charge >= 0.3 is 11.7 Å². The van der Waals surface area contributed by atoms with E-state index in [1.54, 1.807) is 19.1 Å². The minimum atomic E-state index is -0.881. The van der Waals surface area contributed by atoms with Crippen molar-refractivity contribution in [3.63, 3.8) is 0 Å². The van der Waals surface area contributed by atoms with E-state index < -0.39 is 23.3 Å². The van der Waals surface area contributed by atoms with E-state index in [9.17, 15) is 19.5 Å². The van der Waals surface area contributed by atoms with E-state index in [0.29, 0.717) is 25.0 Å². The lowest BCUT2D eigenvalue weighted by molar-refractivity contribution is 0.102. The van der Waals surface area contributed by atoms with Crippen molar-refractivity contribution in [2.75, 3.05) is 13.7 Å². The Morgan fingerprint density at radius 1 is 1.25 bits per heavy atom. The van der Waals surface area contributed by atoms with Gasteiger partial charge in [0.15, 0.2) is 5.78 Å². The van der Waals surface area contributed by atoms with Crippen LogP contribution >= 0.6 is 0 Å². The third-order valence-electron chi connectivity index (χ3n) is 5.67. The van der Waals surface area contributed by atoms with Gasteiger partial charge in [-0.3, -0.25) is 10.1 Å². The molecule has 0 bridgehead atoms. The van der Waals surface area contributed by atoms with E-state index >= 15 is 0 Å². The number of allylic oxidation sites excluding steroid dienone is 2. The summed E-state index contributed by atoms with van der Waals surface area (Å²) in [7, 11) is 1.27. The number of amides is 1. The molecule has 194 valence electrons. The molecular formula is C28H35NO7. The number of rotatable bonds is 12. The van der Waals surface area contributed by atoms with Crippen molar-refractivity contribution in [3.05, 3.63) is 75.0 Å². The molecule has 1 aromatic carbocycles. The largest absolute Gasteiger partial charge is 0.507 e. The molecule has 8 nitrogen and oxygen atoms in total. The molecule has 0 radical (unpaired) electrons. The number of hydrogen-bond acceptors (Lipinski definition) is 7. The summed E-state index contributed by atoms with van der Waals surface area (Å²) in [5.41, 5.74) is 0.761. The first-order valence-corrected chi connectivity index (χ1v) is 12.0. The molecule has 0 aliphatic heterocycles. The highest BCUT2D eigenvalue weighted by atomic mass is 16.5. The number of Topliss-reactive ketones (excluding diaryl/α,β-unsaturated/α-hetero) is 1. The number of aromatic hydroxyl groups is 1. The van der Waals surface area contributed by atoms with Gasteiger partial charge in [-0.1, -0.05) is 32.4 Å². The molecule has 1 heterocycles. The third-order valence-corrected chi connectivity index (χ3v) is 5.67. The fourth-order valence-corrected chi connectivity index (χ4v) is 3.44. The van der Waals surface area contributed by atoms with E-state index in [-0.39, 0.29) is 17.2 Å². The Morgan fingerprint density at radius 3 is 2.64 bits per heavy atom. The van der Waals surface area contributed by atoms with Crippen molar-refractivity contribution in [2.24, 2.45) is 0 Å². The number of methoxy groups -OCH3 is 1. The highest BCUT2D eigenvalue weighted by molar-refractivity contribution is 6.12. The van der Waals surface area contributed by atoms with Gasteiger partial charge in [-0.05, 0) is 68.0 Å². The SMILES string of the molecule is CCCCOc1ccc(C=C(C)C(=O)c2c(O)cc(C(C)CC/C=C/NC(=O)OC)oc2=O)c(C)c1. The average molecular weight is 498 g/mol. The molecule has 8 heteroatoms. The molecule has 1 amide bonds. The first-order valence-electron chi connectivity index (χ1n) is 12.0. The van der Waals surface area contributed by atoms with Crippen LogP contribution in [-0.4, -0.2) is 30.7 Å². The van der Waals surface area contributed by atoms with Crippen LogP contribution in [-0.2, 0) is 4.74 Å². The second kappa shape index (κ2) is 13.9. The topological polar surface area (TPSA) is 115 Å². The maximum Gasteiger partial charge on any atom is 0.410 e. The van der Waals surface area contributed by atoms with Crippen LogP contribution in [0, 0.1) is 6.92 Å². The predicted molar refractivity (Wildman–Crippen MR) is 139 cm³/mol. The Labute approximate surface area is 211 Å². The Bertz CT molecular complexity index is 1180. The average Bonchev–Trinajstić information content (AvgIpc) is 2.84. The lowest BCUT2D eigenvalue weighted by Crippen LogP contribution is -2.17. The van der Waals surface area contributed by atoms with E-state index in [1.807, 2.05) is 32.0 Å². The van der Waals surface area contributed by atoms with Crippen LogP contribution in [0.1, 0.15) is 79.6 Å². The maximum atomic E-state index is 13.0. The molecule has 2 aromatic rings. The molecule has 0 aliphatic carbocycles. The van der Waals surface area contributed by atoms with E-state index in [2.05, 4.69) is 17.0 Å². The lowest BCUT2D eigenvalue weighted by Gasteiger charge is -2.11. The molecule has 2 N–H and O–H groups in total. The standard InChI is InChI=1S/C28H35NO7/c1-6-7-14-35-22-12-11-21(19(3)16-22)15-20(4)26(31)25-23(30)17-24(36-27(25)32)18(2)10-8-9-13-29-28(33)34-5/h9,11-13,15-18,30H,6-8,10,14H2,1-5H3,(H,29,33)/b13-9+,20-15?. The van der Waals surface area contributed by atoms with Crippen LogP contribution < -0.4 is 15.7 Å². The quantitative estimate of drug-likeness (QED) is 0.214. The molecule has 0 saturated carbocycles. The smallest absolute Gasteiger partial charge is 0.410 e. The summed E-state index contributed by atoms with van der Waals surface area (Å²) < 4.78 is 15.6. The summed E-state index contributed by atoms with van der Waals surface area (Å²) in [6, 6.07) is 6.92. The summed E-state index contributed by atoms with van der Waals surface area (Å²) >= 11 is 0. The summed E-state index contributed by atoms with van der Waals surface area (Å²) in [5.74, 6) is -0.169. The molecule has 1 aromatic heterocycles. The van der Waals surface area contributed by atoms with Crippen molar-refractivity contribution in [2.45, 2.75) is 59.3 Å². The number of aryl methyl sites for hydroxylation is 1. The van der Waals surface area contributed by atoms with Crippen LogP contribution in [0.2, 0.25) is 0 Å². The monoisotopic (exact) mass is 497 g/mol. The molecule has 0 fully saturated rings. The Balaban J connectivity index is 2.12. The number of carbonyl (C=O) groups is 2. The van der Waals surface area contributed by atoms with Crippen LogP contribution in [0.4, 0.5) is 4.79 Å². The van der Waals surface area contributed by atoms with Gasteiger partial charge in [-0.15, -0.1) is 0 Å². The summed E-state index contributed by atoms with van der Waals surface area (Å²) in [6.07, 6.45) is 7.52. The minimum absolute atomic E-state index is 0.201. The second-order valence-electron chi connectivity index (χ2n) is 8.59. The van der Waals surface area contributed by atoms with E-state index in [1.165, 1.54) is 19.4 Å². The number of nitrogens with one attached hydrogen (secondary N) is 1. The Morgan fingerprint density at radius 2 is 2.00 bits per heavy atom. The fraction of sp³-hybridized carbons (Fsp3) is 0.393. The lowest BCUT2D eigenvalue weighted by atomic mass is 9.98. The zero-order valence-corrected chi connectivity index (χ0v) is 21.6. The normalized spacial score (nSPS) is 12.4. The van der Waals surface area contributed by atoms with Gasteiger partial charge < -0.3 is 19.0 Å². The molecule has 2 rings (SSSR count). The molecule has 0 saturated heterocycles. The Kier molecular flexibility index (Phi) is 11.0. The zero-order valence-electron chi connectivity index (χ0n) is 21.6. The molecule has 0 aliphatic rings. The molecule has 36 heavy (non-hydrogen) atoms. The number of ketones is 1. The predicted octanol–water partition coefficient (Wildman–Crippen LogP) is 5.87. The van der Waals surface area contributed by atoms with E-state index in [4.69, 9.17) is 9.15 Å². The van der Waals surface area contributed by atoms with Gasteiger partial charge in [0.2, 0.25) is 0 Å². The number of hydrogen-bond donors (Lipinski definition) is 2. The van der Waals surface area contributed by atoms with Crippen molar-refractivity contribution in [3.8, 4) is 11.5 Å². The summed E-state index contributed by atoms with van der Waals surface area (Å²) in [5, 5.41) is 12.9. The zero-order chi connectivity index (χ0) is 26.7. The van der Waals surface area contributed by atoms with Crippen LogP contribution in [0.5, 0.6) is 11.5 Å². The molecule has 1 atom stereocenters. The van der Waals surface area contributed by atoms with Crippen LogP contribution in [0.25, 0.3) is 6.08 Å². The summed E-state index contributed by atoms with van der Waals surface area (Å²) in [4.78, 5) is 36.6. The molecule has 1 unspecified atom stereocenters. The number of unbranched alkanes of at least 4 members (excludes halogenated alkanes) is 1. The van der Waals surface area contributed by atoms with Crippen molar-refractivity contribution in [1.29, 1.82) is 0 Å². The van der Waals surface area contributed by atoms with Crippen molar-refractivity contribution in [1.82, 2.24) is 5.32 Å². The fourth-order valence-electron chi connectivity index (χ4n) is 3.44. The first kappa shape index (κ1) is 28.4. The van der Waals surface area contributed by atoms with Gasteiger partial charge in [0, 0.05) is 18.2 Å². The highest BCUT2D eigenvalue weighted by Gasteiger charge is 2.22. The highest BCUT2D eigenvalue weighted by Crippen LogP contribution is 2.27. The number of alkyl carbamates (subject to hydrolysis) is 1. The van der Waals surface area contributed by atoms with Crippen LogP contribution in [0.15, 0.2) is 51.3 Å². The maximum absolute atomic E-state index is 13.0. The van der Waals surface area contributed by atoms with Crippen LogP contribution in [0.3, 0.4) is 0 Å². The van der Waals surface area contributed by atoms with Gasteiger partial charge in [0.25, 0.3) is 0 Å². The number of carbonyl (C=O) groups excluding carboxylic acids is 2. The first-order chi connectivity index (χ1) is 17.2. The number of benzene rings is 1. The molecular weight excluding hydrogens is 462 g/mol. The second-order valence-corrected chi connectivity index (χ2v) is 8.59. The third kappa shape index (κ3) is 8.15. The van der Waals surface area contributed by atoms with E-state index in [0.717, 1.165) is 29.7 Å². The van der Waals surface area contributed by atoms with Gasteiger partial charge in [0.05, 0.1) is 13.7 Å². The summed E-state index contributed by atoms with van der Waals surface area (Å²) in [6.45, 7) is 8.10. The Hall–Kier alpha value is -3.81. The van der Waals surface area contributed by atoms with Gasteiger partial charge in [0.1, 0.15) is 22.8 Å². The van der Waals surface area contributed by atoms with Crippen molar-refractivity contribution < 1.29 is 28.6 Å². The van der Waals surface area contributed by atoms with Gasteiger partial charge in [-0.2, -0.15) is 0 Å². The molecule has 0 spiro atoms.